The third-order valence-electron chi connectivity index (χ3n) is 4.36. The van der Waals surface area contributed by atoms with E-state index in [2.05, 4.69) is 5.32 Å². The van der Waals surface area contributed by atoms with Crippen molar-refractivity contribution in [3.05, 3.63) is 0 Å². The van der Waals surface area contributed by atoms with E-state index >= 15 is 0 Å². The predicted molar refractivity (Wildman–Crippen MR) is 71.6 cm³/mol. The number of hydrogen-bond donors (Lipinski definition) is 1. The Morgan fingerprint density at radius 3 is 2.63 bits per heavy atom. The third-order valence-corrected chi connectivity index (χ3v) is 4.36. The molecule has 2 rings (SSSR count). The van der Waals surface area contributed by atoms with Crippen LogP contribution in [0.1, 0.15) is 39.5 Å². The van der Waals surface area contributed by atoms with Gasteiger partial charge in [-0.2, -0.15) is 0 Å². The van der Waals surface area contributed by atoms with Crippen LogP contribution in [0, 0.1) is 5.92 Å². The Kier molecular flexibility index (Phi) is 4.13. The van der Waals surface area contributed by atoms with Crippen molar-refractivity contribution in [2.45, 2.75) is 51.1 Å². The smallest absolute Gasteiger partial charge is 0.246 e. The zero-order chi connectivity index (χ0) is 14.0. The molecule has 1 N–H and O–H groups in total. The molecule has 2 atom stereocenters. The van der Waals surface area contributed by atoms with Gasteiger partial charge in [-0.3, -0.25) is 9.59 Å². The average molecular weight is 268 g/mol. The molecule has 2 fully saturated rings. The minimum atomic E-state index is -0.681. The number of rotatable bonds is 6. The van der Waals surface area contributed by atoms with Gasteiger partial charge in [-0.25, -0.2) is 0 Å². The molecule has 1 heterocycles. The van der Waals surface area contributed by atoms with Gasteiger partial charge in [0.2, 0.25) is 11.8 Å². The standard InChI is InChI=1S/C14H24N2O3/c1-4-5-11-12(17)16(8-9-19-3)14(2,10-6-7-10)13(18)15-11/h10-11H,4-9H2,1-3H3,(H,15,18). The van der Waals surface area contributed by atoms with Crippen LogP contribution in [0.3, 0.4) is 0 Å². The molecule has 108 valence electrons. The van der Waals surface area contributed by atoms with E-state index in [0.717, 1.165) is 19.3 Å². The van der Waals surface area contributed by atoms with Gasteiger partial charge in [0.15, 0.2) is 0 Å². The summed E-state index contributed by atoms with van der Waals surface area (Å²) in [6, 6.07) is -0.360. The lowest BCUT2D eigenvalue weighted by atomic mass is 9.87. The average Bonchev–Trinajstić information content (AvgIpc) is 3.20. The summed E-state index contributed by atoms with van der Waals surface area (Å²) in [7, 11) is 1.62. The highest BCUT2D eigenvalue weighted by atomic mass is 16.5. The largest absolute Gasteiger partial charge is 0.383 e. The Morgan fingerprint density at radius 1 is 1.42 bits per heavy atom. The van der Waals surface area contributed by atoms with Crippen molar-refractivity contribution in [3.63, 3.8) is 0 Å². The summed E-state index contributed by atoms with van der Waals surface area (Å²) in [4.78, 5) is 26.8. The number of nitrogens with zero attached hydrogens (tertiary/aromatic N) is 1. The highest BCUT2D eigenvalue weighted by Crippen LogP contribution is 2.44. The van der Waals surface area contributed by atoms with Crippen LogP contribution in [0.25, 0.3) is 0 Å². The van der Waals surface area contributed by atoms with Gasteiger partial charge >= 0.3 is 0 Å². The number of hydrogen-bond acceptors (Lipinski definition) is 3. The first-order valence-electron chi connectivity index (χ1n) is 7.17. The van der Waals surface area contributed by atoms with E-state index in [1.807, 2.05) is 13.8 Å². The van der Waals surface area contributed by atoms with E-state index in [1.165, 1.54) is 0 Å². The van der Waals surface area contributed by atoms with Crippen LogP contribution < -0.4 is 5.32 Å². The number of carbonyl (C=O) groups excluding carboxylic acids is 2. The van der Waals surface area contributed by atoms with Gasteiger partial charge in [0.25, 0.3) is 0 Å². The minimum Gasteiger partial charge on any atom is -0.383 e. The van der Waals surface area contributed by atoms with Crippen LogP contribution in [-0.4, -0.2) is 48.6 Å². The van der Waals surface area contributed by atoms with Gasteiger partial charge in [-0.1, -0.05) is 13.3 Å². The lowest BCUT2D eigenvalue weighted by Gasteiger charge is -2.46. The van der Waals surface area contributed by atoms with E-state index < -0.39 is 5.54 Å². The Hall–Kier alpha value is -1.10. The number of methoxy groups -OCH3 is 1. The summed E-state index contributed by atoms with van der Waals surface area (Å²) in [5.74, 6) is 0.355. The van der Waals surface area contributed by atoms with Gasteiger partial charge in [-0.15, -0.1) is 0 Å². The number of ether oxygens (including phenoxy) is 1. The highest BCUT2D eigenvalue weighted by molar-refractivity contribution is 6.00. The molecule has 1 aliphatic heterocycles. The van der Waals surface area contributed by atoms with E-state index in [4.69, 9.17) is 4.74 Å². The monoisotopic (exact) mass is 268 g/mol. The summed E-state index contributed by atoms with van der Waals surface area (Å²) in [6.45, 7) is 4.89. The van der Waals surface area contributed by atoms with Gasteiger partial charge in [0, 0.05) is 13.7 Å². The van der Waals surface area contributed by atoms with Crippen LogP contribution in [0.15, 0.2) is 0 Å². The molecule has 0 bridgehead atoms. The second-order valence-electron chi connectivity index (χ2n) is 5.72. The molecule has 5 nitrogen and oxygen atoms in total. The first-order valence-corrected chi connectivity index (χ1v) is 7.17. The molecule has 1 aliphatic carbocycles. The van der Waals surface area contributed by atoms with Crippen molar-refractivity contribution in [1.82, 2.24) is 10.2 Å². The van der Waals surface area contributed by atoms with Crippen molar-refractivity contribution >= 4 is 11.8 Å². The van der Waals surface area contributed by atoms with Gasteiger partial charge in [-0.05, 0) is 32.1 Å². The third kappa shape index (κ3) is 2.48. The summed E-state index contributed by atoms with van der Waals surface area (Å²) >= 11 is 0. The first kappa shape index (κ1) is 14.3. The molecule has 0 aromatic heterocycles. The summed E-state index contributed by atoms with van der Waals surface area (Å²) < 4.78 is 5.09. The molecule has 2 amide bonds. The predicted octanol–water partition coefficient (Wildman–Crippen LogP) is 0.929. The Morgan fingerprint density at radius 2 is 2.11 bits per heavy atom. The van der Waals surface area contributed by atoms with Crippen molar-refractivity contribution in [1.29, 1.82) is 0 Å². The molecule has 1 saturated heterocycles. The number of nitrogens with one attached hydrogen (secondary N) is 1. The Labute approximate surface area is 114 Å². The molecule has 0 radical (unpaired) electrons. The maximum Gasteiger partial charge on any atom is 0.246 e. The molecule has 5 heteroatoms. The first-order chi connectivity index (χ1) is 9.05. The fourth-order valence-corrected chi connectivity index (χ4v) is 2.97. The molecule has 19 heavy (non-hydrogen) atoms. The molecule has 0 spiro atoms. The number of amides is 2. The SMILES string of the molecule is CCCC1NC(=O)C(C)(C2CC2)N(CCOC)C1=O. The lowest BCUT2D eigenvalue weighted by molar-refractivity contribution is -0.159. The maximum atomic E-state index is 12.6. The molecular weight excluding hydrogens is 244 g/mol. The Bertz CT molecular complexity index is 368. The molecule has 2 unspecified atom stereocenters. The van der Waals surface area contributed by atoms with Crippen LogP contribution in [-0.2, 0) is 14.3 Å². The van der Waals surface area contributed by atoms with Gasteiger partial charge in [0.05, 0.1) is 6.61 Å². The second-order valence-corrected chi connectivity index (χ2v) is 5.72. The van der Waals surface area contributed by atoms with Crippen LogP contribution in [0.2, 0.25) is 0 Å². The Balaban J connectivity index is 2.22. The van der Waals surface area contributed by atoms with Crippen molar-refractivity contribution in [2.24, 2.45) is 5.92 Å². The van der Waals surface area contributed by atoms with Crippen molar-refractivity contribution in [3.8, 4) is 0 Å². The minimum absolute atomic E-state index is 0.00385. The topological polar surface area (TPSA) is 58.6 Å². The van der Waals surface area contributed by atoms with Crippen LogP contribution in [0.4, 0.5) is 0 Å². The van der Waals surface area contributed by atoms with E-state index in [-0.39, 0.29) is 17.9 Å². The van der Waals surface area contributed by atoms with Crippen molar-refractivity contribution < 1.29 is 14.3 Å². The maximum absolute atomic E-state index is 12.6. The highest BCUT2D eigenvalue weighted by Gasteiger charge is 2.56. The van der Waals surface area contributed by atoms with Crippen LogP contribution in [0.5, 0.6) is 0 Å². The molecule has 0 aromatic carbocycles. The molecule has 1 saturated carbocycles. The van der Waals surface area contributed by atoms with Gasteiger partial charge in [0.1, 0.15) is 11.6 Å². The van der Waals surface area contributed by atoms with Gasteiger partial charge < -0.3 is 15.0 Å². The van der Waals surface area contributed by atoms with Crippen LogP contribution >= 0.6 is 0 Å². The normalized spacial score (nSPS) is 31.5. The number of piperazine rings is 1. The van der Waals surface area contributed by atoms with E-state index in [1.54, 1.807) is 12.0 Å². The zero-order valence-electron chi connectivity index (χ0n) is 12.1. The van der Waals surface area contributed by atoms with E-state index in [0.29, 0.717) is 25.5 Å². The quantitative estimate of drug-likeness (QED) is 0.779. The van der Waals surface area contributed by atoms with Crippen molar-refractivity contribution in [2.75, 3.05) is 20.3 Å². The molecule has 2 aliphatic rings. The lowest BCUT2D eigenvalue weighted by Crippen LogP contribution is -2.70. The summed E-state index contributed by atoms with van der Waals surface area (Å²) in [6.07, 6.45) is 3.64. The molecular formula is C14H24N2O3. The fourth-order valence-electron chi connectivity index (χ4n) is 2.97. The fraction of sp³-hybridized carbons (Fsp3) is 0.857. The summed E-state index contributed by atoms with van der Waals surface area (Å²) in [5, 5.41) is 2.91. The second kappa shape index (κ2) is 5.49. The molecule has 0 aromatic rings. The zero-order valence-corrected chi connectivity index (χ0v) is 12.1. The van der Waals surface area contributed by atoms with E-state index in [9.17, 15) is 9.59 Å². The number of carbonyl (C=O) groups is 2. The summed E-state index contributed by atoms with van der Waals surface area (Å²) in [5.41, 5.74) is -0.681.